The first kappa shape index (κ1) is 12.5. The normalized spacial score (nSPS) is 9.88. The zero-order chi connectivity index (χ0) is 12.1. The number of allylic oxidation sites excluding steroid dienone is 1. The number of nitrogens with zero attached hydrogens (tertiary/aromatic N) is 1. The van der Waals surface area contributed by atoms with Crippen molar-refractivity contribution in [2.24, 2.45) is 0 Å². The second kappa shape index (κ2) is 5.51. The first-order valence-electron chi connectivity index (χ1n) is 4.78. The molecular formula is C11H12ClNO3. The molecule has 16 heavy (non-hydrogen) atoms. The van der Waals surface area contributed by atoms with Crippen LogP contribution in [0.4, 0.5) is 5.69 Å². The van der Waals surface area contributed by atoms with Gasteiger partial charge in [-0.2, -0.15) is 0 Å². The summed E-state index contributed by atoms with van der Waals surface area (Å²) < 4.78 is 5.16. The number of benzene rings is 1. The average molecular weight is 242 g/mol. The Kier molecular flexibility index (Phi) is 4.31. The molecule has 1 aromatic carbocycles. The van der Waals surface area contributed by atoms with Crippen LogP contribution in [0.25, 0.3) is 0 Å². The van der Waals surface area contributed by atoms with Crippen LogP contribution < -0.4 is 0 Å². The van der Waals surface area contributed by atoms with Gasteiger partial charge in [-0.15, -0.1) is 0 Å². The summed E-state index contributed by atoms with van der Waals surface area (Å²) in [7, 11) is 0. The fourth-order valence-corrected chi connectivity index (χ4v) is 1.54. The molecule has 0 saturated heterocycles. The third-order valence-electron chi connectivity index (χ3n) is 1.97. The van der Waals surface area contributed by atoms with E-state index in [0.29, 0.717) is 29.4 Å². The van der Waals surface area contributed by atoms with Gasteiger partial charge in [0.05, 0.1) is 17.3 Å². The minimum atomic E-state index is -0.440. The molecule has 0 heterocycles. The molecule has 0 aliphatic rings. The summed E-state index contributed by atoms with van der Waals surface area (Å²) in [6, 6.07) is 4.44. The van der Waals surface area contributed by atoms with Crippen molar-refractivity contribution >= 4 is 17.3 Å². The van der Waals surface area contributed by atoms with E-state index >= 15 is 0 Å². The van der Waals surface area contributed by atoms with E-state index < -0.39 is 4.92 Å². The third-order valence-corrected chi connectivity index (χ3v) is 2.21. The predicted molar refractivity (Wildman–Crippen MR) is 62.6 cm³/mol. The predicted octanol–water partition coefficient (Wildman–Crippen LogP) is 3.34. The number of rotatable bonds is 5. The van der Waals surface area contributed by atoms with Crippen molar-refractivity contribution in [3.05, 3.63) is 51.2 Å². The topological polar surface area (TPSA) is 52.4 Å². The minimum absolute atomic E-state index is 0.0326. The van der Waals surface area contributed by atoms with Gasteiger partial charge in [-0.3, -0.25) is 10.1 Å². The summed E-state index contributed by atoms with van der Waals surface area (Å²) in [5.41, 5.74) is 0.543. The SMILES string of the molecule is C=C(Cc1cc(Cl)ccc1[N+](=O)[O-])OCC. The van der Waals surface area contributed by atoms with Crippen molar-refractivity contribution in [3.8, 4) is 0 Å². The molecular weight excluding hydrogens is 230 g/mol. The molecule has 0 aliphatic carbocycles. The quantitative estimate of drug-likeness (QED) is 0.451. The van der Waals surface area contributed by atoms with E-state index in [1.165, 1.54) is 12.1 Å². The van der Waals surface area contributed by atoms with Crippen LogP contribution in [0.3, 0.4) is 0 Å². The van der Waals surface area contributed by atoms with Crippen LogP contribution in [0, 0.1) is 10.1 Å². The summed E-state index contributed by atoms with van der Waals surface area (Å²) in [4.78, 5) is 10.3. The number of ether oxygens (including phenoxy) is 1. The van der Waals surface area contributed by atoms with Gasteiger partial charge in [0.25, 0.3) is 5.69 Å². The van der Waals surface area contributed by atoms with Crippen LogP contribution in [0.5, 0.6) is 0 Å². The Labute approximate surface area is 98.6 Å². The molecule has 4 nitrogen and oxygen atoms in total. The molecule has 5 heteroatoms. The molecule has 0 fully saturated rings. The van der Waals surface area contributed by atoms with Crippen LogP contribution >= 0.6 is 11.6 Å². The highest BCUT2D eigenvalue weighted by Gasteiger charge is 2.14. The van der Waals surface area contributed by atoms with E-state index in [-0.39, 0.29) is 5.69 Å². The van der Waals surface area contributed by atoms with Crippen molar-refractivity contribution in [2.75, 3.05) is 6.61 Å². The highest BCUT2D eigenvalue weighted by atomic mass is 35.5. The van der Waals surface area contributed by atoms with Crippen LogP contribution in [0.15, 0.2) is 30.5 Å². The Morgan fingerprint density at radius 3 is 2.88 bits per heavy atom. The van der Waals surface area contributed by atoms with E-state index in [0.717, 1.165) is 0 Å². The Bertz CT molecular complexity index is 418. The number of hydrogen-bond acceptors (Lipinski definition) is 3. The maximum atomic E-state index is 10.8. The summed E-state index contributed by atoms with van der Waals surface area (Å²) in [6.07, 6.45) is 0.296. The van der Waals surface area contributed by atoms with Gasteiger partial charge in [-0.25, -0.2) is 0 Å². The zero-order valence-electron chi connectivity index (χ0n) is 8.90. The lowest BCUT2D eigenvalue weighted by Gasteiger charge is -2.07. The largest absolute Gasteiger partial charge is 0.498 e. The lowest BCUT2D eigenvalue weighted by Crippen LogP contribution is -1.99. The Balaban J connectivity index is 2.96. The molecule has 1 rings (SSSR count). The second-order valence-corrected chi connectivity index (χ2v) is 3.62. The molecule has 0 amide bonds. The van der Waals surface area contributed by atoms with Gasteiger partial charge in [0.15, 0.2) is 0 Å². The number of nitro groups is 1. The summed E-state index contributed by atoms with van der Waals surface area (Å²) in [5.74, 6) is 0.493. The molecule has 0 aliphatic heterocycles. The summed E-state index contributed by atoms with van der Waals surface area (Å²) in [6.45, 7) is 6.01. The Hall–Kier alpha value is -1.55. The molecule has 0 aromatic heterocycles. The van der Waals surface area contributed by atoms with Crippen LogP contribution in [0.1, 0.15) is 12.5 Å². The monoisotopic (exact) mass is 241 g/mol. The van der Waals surface area contributed by atoms with Gasteiger partial charge in [-0.1, -0.05) is 18.2 Å². The molecule has 0 radical (unpaired) electrons. The molecule has 0 N–H and O–H groups in total. The van der Waals surface area contributed by atoms with Gasteiger partial charge in [0.1, 0.15) is 0 Å². The first-order valence-corrected chi connectivity index (χ1v) is 5.15. The maximum absolute atomic E-state index is 10.8. The van der Waals surface area contributed by atoms with E-state index in [2.05, 4.69) is 6.58 Å². The highest BCUT2D eigenvalue weighted by molar-refractivity contribution is 6.30. The Morgan fingerprint density at radius 1 is 1.62 bits per heavy atom. The zero-order valence-corrected chi connectivity index (χ0v) is 9.66. The highest BCUT2D eigenvalue weighted by Crippen LogP contribution is 2.24. The van der Waals surface area contributed by atoms with Gasteiger partial charge < -0.3 is 4.74 Å². The van der Waals surface area contributed by atoms with Gasteiger partial charge in [-0.05, 0) is 19.1 Å². The standard InChI is InChI=1S/C11H12ClNO3/c1-3-16-8(2)6-9-7-10(12)4-5-11(9)13(14)15/h4-5,7H,2-3,6H2,1H3. The van der Waals surface area contributed by atoms with E-state index in [9.17, 15) is 10.1 Å². The van der Waals surface area contributed by atoms with Gasteiger partial charge >= 0.3 is 0 Å². The fraction of sp³-hybridized carbons (Fsp3) is 0.273. The first-order chi connectivity index (χ1) is 7.54. The van der Waals surface area contributed by atoms with Crippen molar-refractivity contribution in [2.45, 2.75) is 13.3 Å². The van der Waals surface area contributed by atoms with Crippen LogP contribution in [-0.4, -0.2) is 11.5 Å². The summed E-state index contributed by atoms with van der Waals surface area (Å²) >= 11 is 5.79. The molecule has 0 atom stereocenters. The molecule has 1 aromatic rings. The van der Waals surface area contributed by atoms with Gasteiger partial charge in [0.2, 0.25) is 0 Å². The fourth-order valence-electron chi connectivity index (χ4n) is 1.34. The third kappa shape index (κ3) is 3.24. The van der Waals surface area contributed by atoms with Crippen LogP contribution in [-0.2, 0) is 11.2 Å². The van der Waals surface area contributed by atoms with Crippen molar-refractivity contribution in [3.63, 3.8) is 0 Å². The molecule has 0 bridgehead atoms. The molecule has 0 unspecified atom stereocenters. The number of nitro benzene ring substituents is 1. The van der Waals surface area contributed by atoms with Crippen molar-refractivity contribution in [1.82, 2.24) is 0 Å². The average Bonchev–Trinajstić information content (AvgIpc) is 2.17. The van der Waals surface area contributed by atoms with E-state index in [1.807, 2.05) is 6.92 Å². The molecule has 0 saturated carbocycles. The Morgan fingerprint density at radius 2 is 2.31 bits per heavy atom. The smallest absolute Gasteiger partial charge is 0.273 e. The number of halogens is 1. The molecule has 0 spiro atoms. The van der Waals surface area contributed by atoms with Crippen molar-refractivity contribution < 1.29 is 9.66 Å². The summed E-state index contributed by atoms with van der Waals surface area (Å²) in [5, 5.41) is 11.2. The lowest BCUT2D eigenvalue weighted by atomic mass is 10.1. The van der Waals surface area contributed by atoms with E-state index in [4.69, 9.17) is 16.3 Å². The number of hydrogen-bond donors (Lipinski definition) is 0. The lowest BCUT2D eigenvalue weighted by molar-refractivity contribution is -0.385. The van der Waals surface area contributed by atoms with E-state index in [1.54, 1.807) is 6.07 Å². The van der Waals surface area contributed by atoms with Crippen molar-refractivity contribution in [1.29, 1.82) is 0 Å². The maximum Gasteiger partial charge on any atom is 0.273 e. The second-order valence-electron chi connectivity index (χ2n) is 3.18. The molecule has 86 valence electrons. The van der Waals surface area contributed by atoms with Crippen LogP contribution in [0.2, 0.25) is 5.02 Å². The van der Waals surface area contributed by atoms with Gasteiger partial charge in [0, 0.05) is 23.1 Å². The minimum Gasteiger partial charge on any atom is -0.498 e.